The van der Waals surface area contributed by atoms with E-state index in [2.05, 4.69) is 28.0 Å². The van der Waals surface area contributed by atoms with E-state index in [1.165, 1.54) is 28.8 Å². The molecule has 0 aliphatic heterocycles. The summed E-state index contributed by atoms with van der Waals surface area (Å²) in [6, 6.07) is 6.71. The number of likely N-dealkylation sites (N-methyl/N-ethyl adjacent to an activating group) is 1. The standard InChI is InChI=1S/C20H21F2N3/c1-23-14-4-6-19-15(10-14)16-8-13(11-24-20(16)25(19)2)7-12-3-5-17(21)18(22)9-12/h3,5,8-9,11,14,23H,4,6-7,10H2,1-2H3. The predicted octanol–water partition coefficient (Wildman–Crippen LogP) is 3.52. The Bertz CT molecular complexity index is 946. The lowest BCUT2D eigenvalue weighted by Crippen LogP contribution is -2.31. The fourth-order valence-corrected chi connectivity index (χ4v) is 3.91. The van der Waals surface area contributed by atoms with Gasteiger partial charge in [0.1, 0.15) is 5.65 Å². The van der Waals surface area contributed by atoms with Crippen molar-refractivity contribution in [2.45, 2.75) is 31.7 Å². The highest BCUT2D eigenvalue weighted by Crippen LogP contribution is 2.31. The van der Waals surface area contributed by atoms with E-state index in [1.807, 2.05) is 13.2 Å². The lowest BCUT2D eigenvalue weighted by atomic mass is 9.91. The van der Waals surface area contributed by atoms with Crippen LogP contribution in [-0.2, 0) is 26.3 Å². The first-order chi connectivity index (χ1) is 12.1. The van der Waals surface area contributed by atoms with Crippen LogP contribution in [0.3, 0.4) is 0 Å². The fraction of sp³-hybridized carbons (Fsp3) is 0.350. The molecule has 1 aliphatic rings. The number of halogens is 2. The van der Waals surface area contributed by atoms with Gasteiger partial charge in [-0.05, 0) is 67.6 Å². The third-order valence-corrected chi connectivity index (χ3v) is 5.30. The Hall–Kier alpha value is -2.27. The van der Waals surface area contributed by atoms with Crippen molar-refractivity contribution in [2.24, 2.45) is 7.05 Å². The molecule has 0 amide bonds. The molecule has 1 atom stereocenters. The van der Waals surface area contributed by atoms with Gasteiger partial charge in [-0.25, -0.2) is 13.8 Å². The Labute approximate surface area is 145 Å². The number of nitrogens with one attached hydrogen (secondary N) is 1. The average Bonchev–Trinajstić information content (AvgIpc) is 2.90. The number of benzene rings is 1. The summed E-state index contributed by atoms with van der Waals surface area (Å²) in [5, 5.41) is 4.56. The van der Waals surface area contributed by atoms with Crippen LogP contribution in [0.5, 0.6) is 0 Å². The monoisotopic (exact) mass is 341 g/mol. The van der Waals surface area contributed by atoms with Crippen molar-refractivity contribution >= 4 is 11.0 Å². The Morgan fingerprint density at radius 3 is 2.80 bits per heavy atom. The molecule has 1 aromatic carbocycles. The van der Waals surface area contributed by atoms with Gasteiger partial charge in [0.15, 0.2) is 11.6 Å². The molecule has 0 saturated carbocycles. The van der Waals surface area contributed by atoms with Crippen molar-refractivity contribution < 1.29 is 8.78 Å². The summed E-state index contributed by atoms with van der Waals surface area (Å²) in [6.45, 7) is 0. The van der Waals surface area contributed by atoms with E-state index in [4.69, 9.17) is 0 Å². The number of aryl methyl sites for hydroxylation is 1. The summed E-state index contributed by atoms with van der Waals surface area (Å²) >= 11 is 0. The van der Waals surface area contributed by atoms with Crippen molar-refractivity contribution in [2.75, 3.05) is 7.05 Å². The average molecular weight is 341 g/mol. The van der Waals surface area contributed by atoms with Gasteiger partial charge in [0.2, 0.25) is 0 Å². The molecule has 130 valence electrons. The van der Waals surface area contributed by atoms with Gasteiger partial charge in [-0.1, -0.05) is 6.07 Å². The molecule has 1 N–H and O–H groups in total. The van der Waals surface area contributed by atoms with Crippen LogP contribution in [0.25, 0.3) is 11.0 Å². The number of fused-ring (bicyclic) bond motifs is 3. The summed E-state index contributed by atoms with van der Waals surface area (Å²) in [5.74, 6) is -1.62. The first-order valence-corrected chi connectivity index (χ1v) is 8.63. The summed E-state index contributed by atoms with van der Waals surface area (Å²) in [5.41, 5.74) is 5.48. The van der Waals surface area contributed by atoms with Crippen LogP contribution < -0.4 is 5.32 Å². The predicted molar refractivity (Wildman–Crippen MR) is 94.8 cm³/mol. The fourth-order valence-electron chi connectivity index (χ4n) is 3.91. The maximum absolute atomic E-state index is 13.4. The van der Waals surface area contributed by atoms with Crippen LogP contribution in [0.15, 0.2) is 30.5 Å². The maximum Gasteiger partial charge on any atom is 0.159 e. The van der Waals surface area contributed by atoms with Gasteiger partial charge in [0, 0.05) is 30.4 Å². The topological polar surface area (TPSA) is 29.9 Å². The zero-order valence-corrected chi connectivity index (χ0v) is 14.4. The molecule has 0 spiro atoms. The molecule has 2 aromatic heterocycles. The van der Waals surface area contributed by atoms with Gasteiger partial charge in [-0.2, -0.15) is 0 Å². The van der Waals surface area contributed by atoms with E-state index in [-0.39, 0.29) is 0 Å². The molecule has 25 heavy (non-hydrogen) atoms. The lowest BCUT2D eigenvalue weighted by Gasteiger charge is -2.22. The second-order valence-electron chi connectivity index (χ2n) is 6.85. The minimum absolute atomic E-state index is 0.493. The van der Waals surface area contributed by atoms with Gasteiger partial charge >= 0.3 is 0 Å². The van der Waals surface area contributed by atoms with Crippen LogP contribution in [0.2, 0.25) is 0 Å². The molecule has 0 radical (unpaired) electrons. The number of nitrogens with zero attached hydrogens (tertiary/aromatic N) is 2. The quantitative estimate of drug-likeness (QED) is 0.790. The normalized spacial score (nSPS) is 17.0. The zero-order chi connectivity index (χ0) is 17.6. The summed E-state index contributed by atoms with van der Waals surface area (Å²) in [6.07, 6.45) is 5.56. The molecule has 0 bridgehead atoms. The van der Waals surface area contributed by atoms with Crippen molar-refractivity contribution in [1.82, 2.24) is 14.9 Å². The Kier molecular flexibility index (Phi) is 4.04. The number of aromatic nitrogens is 2. The lowest BCUT2D eigenvalue weighted by molar-refractivity contribution is 0.488. The number of hydrogen-bond donors (Lipinski definition) is 1. The van der Waals surface area contributed by atoms with E-state index in [0.717, 1.165) is 36.0 Å². The molecule has 3 aromatic rings. The van der Waals surface area contributed by atoms with Gasteiger partial charge in [0.05, 0.1) is 0 Å². The second-order valence-corrected chi connectivity index (χ2v) is 6.85. The summed E-state index contributed by atoms with van der Waals surface area (Å²) in [7, 11) is 4.08. The first kappa shape index (κ1) is 16.2. The third kappa shape index (κ3) is 2.82. The Morgan fingerprint density at radius 2 is 2.04 bits per heavy atom. The molecule has 3 nitrogen and oxygen atoms in total. The van der Waals surface area contributed by atoms with E-state index in [9.17, 15) is 8.78 Å². The SMILES string of the molecule is CNC1CCc2c(c3cc(Cc4ccc(F)c(F)c4)cnc3n2C)C1. The molecule has 2 heterocycles. The second kappa shape index (κ2) is 6.23. The largest absolute Gasteiger partial charge is 0.332 e. The van der Waals surface area contributed by atoms with E-state index in [1.54, 1.807) is 6.07 Å². The highest BCUT2D eigenvalue weighted by molar-refractivity contribution is 5.83. The molecule has 1 unspecified atom stereocenters. The number of pyridine rings is 1. The van der Waals surface area contributed by atoms with E-state index >= 15 is 0 Å². The van der Waals surface area contributed by atoms with Crippen LogP contribution in [0.1, 0.15) is 28.8 Å². The van der Waals surface area contributed by atoms with Crippen LogP contribution in [-0.4, -0.2) is 22.6 Å². The van der Waals surface area contributed by atoms with Crippen LogP contribution in [0.4, 0.5) is 8.78 Å². The zero-order valence-electron chi connectivity index (χ0n) is 14.4. The highest BCUT2D eigenvalue weighted by Gasteiger charge is 2.24. The molecule has 0 saturated heterocycles. The molecule has 0 fully saturated rings. The maximum atomic E-state index is 13.4. The van der Waals surface area contributed by atoms with E-state index in [0.29, 0.717) is 12.5 Å². The molecule has 5 heteroatoms. The minimum Gasteiger partial charge on any atom is -0.332 e. The van der Waals surface area contributed by atoms with Crippen LogP contribution >= 0.6 is 0 Å². The smallest absolute Gasteiger partial charge is 0.159 e. The number of hydrogen-bond acceptors (Lipinski definition) is 2. The van der Waals surface area contributed by atoms with Crippen molar-refractivity contribution in [3.8, 4) is 0 Å². The molecule has 1 aliphatic carbocycles. The van der Waals surface area contributed by atoms with Gasteiger partial charge in [-0.3, -0.25) is 0 Å². The van der Waals surface area contributed by atoms with Crippen molar-refractivity contribution in [1.29, 1.82) is 0 Å². The highest BCUT2D eigenvalue weighted by atomic mass is 19.2. The summed E-state index contributed by atoms with van der Waals surface area (Å²) < 4.78 is 28.7. The van der Waals surface area contributed by atoms with Crippen molar-refractivity contribution in [3.63, 3.8) is 0 Å². The first-order valence-electron chi connectivity index (χ1n) is 8.63. The third-order valence-electron chi connectivity index (χ3n) is 5.30. The van der Waals surface area contributed by atoms with Gasteiger partial charge in [-0.15, -0.1) is 0 Å². The molecular weight excluding hydrogens is 320 g/mol. The van der Waals surface area contributed by atoms with E-state index < -0.39 is 11.6 Å². The summed E-state index contributed by atoms with van der Waals surface area (Å²) in [4.78, 5) is 4.65. The molecule has 4 rings (SSSR count). The Balaban J connectivity index is 1.73. The number of rotatable bonds is 3. The van der Waals surface area contributed by atoms with Gasteiger partial charge in [0.25, 0.3) is 0 Å². The molecular formula is C20H21F2N3. The van der Waals surface area contributed by atoms with Gasteiger partial charge < -0.3 is 9.88 Å². The Morgan fingerprint density at radius 1 is 1.20 bits per heavy atom. The minimum atomic E-state index is -0.812. The van der Waals surface area contributed by atoms with Crippen molar-refractivity contribution in [3.05, 3.63) is 64.5 Å². The van der Waals surface area contributed by atoms with Crippen LogP contribution in [0, 0.1) is 11.6 Å².